The van der Waals surface area contributed by atoms with Crippen LogP contribution in [0.15, 0.2) is 30.3 Å². The van der Waals surface area contributed by atoms with Gasteiger partial charge in [-0.3, -0.25) is 0 Å². The molecule has 0 aliphatic heterocycles. The number of hydrogen-bond acceptors (Lipinski definition) is 0. The van der Waals surface area contributed by atoms with E-state index in [9.17, 15) is 0 Å². The van der Waals surface area contributed by atoms with Gasteiger partial charge in [-0.1, -0.05) is 81.8 Å². The Bertz CT molecular complexity index is 290. The number of rotatable bonds is 5. The first-order valence-corrected chi connectivity index (χ1v) is 9.41. The minimum Gasteiger partial charge on any atom is -0.0652 e. The molecule has 0 amide bonds. The third kappa shape index (κ3) is 3.78. The van der Waals surface area contributed by atoms with Crippen molar-refractivity contribution < 1.29 is 0 Å². The van der Waals surface area contributed by atoms with Crippen LogP contribution in [0.1, 0.15) is 27.7 Å². The van der Waals surface area contributed by atoms with Gasteiger partial charge in [0.15, 0.2) is 0 Å². The van der Waals surface area contributed by atoms with Crippen molar-refractivity contribution in [1.29, 1.82) is 0 Å². The van der Waals surface area contributed by atoms with E-state index in [0.717, 1.165) is 11.8 Å². The van der Waals surface area contributed by atoms with Crippen molar-refractivity contribution in [3.8, 4) is 0 Å². The van der Waals surface area contributed by atoms with Crippen LogP contribution in [0, 0.1) is 11.8 Å². The Balaban J connectivity index is 2.95. The first kappa shape index (κ1) is 13.5. The predicted octanol–water partition coefficient (Wildman–Crippen LogP) is 4.28. The Labute approximate surface area is 102 Å². The molecule has 0 aliphatic carbocycles. The molecular formula is C15H26Si. The highest BCUT2D eigenvalue weighted by atomic mass is 28.3. The van der Waals surface area contributed by atoms with Crippen LogP contribution in [-0.4, -0.2) is 8.07 Å². The largest absolute Gasteiger partial charge is 0.0841 e. The second-order valence-corrected chi connectivity index (χ2v) is 10.6. The van der Waals surface area contributed by atoms with Crippen LogP contribution in [0.5, 0.6) is 0 Å². The molecule has 1 aromatic rings. The van der Waals surface area contributed by atoms with Crippen molar-refractivity contribution in [2.24, 2.45) is 11.8 Å². The molecule has 1 aromatic carbocycles. The topological polar surface area (TPSA) is 0 Å². The summed E-state index contributed by atoms with van der Waals surface area (Å²) in [5.41, 5.74) is 0. The fourth-order valence-electron chi connectivity index (χ4n) is 2.96. The summed E-state index contributed by atoms with van der Waals surface area (Å²) in [5, 5.41) is 1.64. The summed E-state index contributed by atoms with van der Waals surface area (Å²) in [7, 11) is -1.25. The molecule has 0 aromatic heterocycles. The van der Waals surface area contributed by atoms with Gasteiger partial charge in [-0.15, -0.1) is 0 Å². The molecule has 0 radical (unpaired) electrons. The second-order valence-electron chi connectivity index (χ2n) is 6.12. The van der Waals surface area contributed by atoms with E-state index in [1.807, 2.05) is 0 Å². The molecule has 0 bridgehead atoms. The molecule has 0 atom stereocenters. The Morgan fingerprint density at radius 3 is 1.69 bits per heavy atom. The Hall–Kier alpha value is -0.563. The van der Waals surface area contributed by atoms with E-state index < -0.39 is 8.07 Å². The maximum Gasteiger partial charge on any atom is 0.0841 e. The second kappa shape index (κ2) is 5.67. The van der Waals surface area contributed by atoms with Crippen molar-refractivity contribution in [1.82, 2.24) is 0 Å². The van der Waals surface area contributed by atoms with Gasteiger partial charge in [0.25, 0.3) is 0 Å². The van der Waals surface area contributed by atoms with E-state index in [4.69, 9.17) is 0 Å². The molecule has 90 valence electrons. The number of benzene rings is 1. The molecule has 0 spiro atoms. The van der Waals surface area contributed by atoms with Crippen LogP contribution in [0.3, 0.4) is 0 Å². The van der Waals surface area contributed by atoms with Crippen LogP contribution in [0.4, 0.5) is 0 Å². The molecule has 1 heteroatoms. The summed E-state index contributed by atoms with van der Waals surface area (Å²) in [6, 6.07) is 14.0. The van der Waals surface area contributed by atoms with E-state index in [2.05, 4.69) is 64.6 Å². The lowest BCUT2D eigenvalue weighted by Gasteiger charge is -2.31. The SMILES string of the molecule is CC(C)C[Si](C)(CC(C)C)c1ccccc1. The zero-order valence-corrected chi connectivity index (χ0v) is 12.5. The van der Waals surface area contributed by atoms with Crippen LogP contribution in [0.2, 0.25) is 18.6 Å². The lowest BCUT2D eigenvalue weighted by Crippen LogP contribution is -2.46. The predicted molar refractivity (Wildman–Crippen MR) is 77.0 cm³/mol. The molecule has 0 saturated carbocycles. The standard InChI is InChI=1S/C15H26Si/c1-13(2)11-16(5,12-14(3)4)15-9-7-6-8-10-15/h6-10,13-14H,11-12H2,1-5H3. The first-order chi connectivity index (χ1) is 7.44. The molecule has 0 unspecified atom stereocenters. The summed E-state index contributed by atoms with van der Waals surface area (Å²) in [4.78, 5) is 0. The third-order valence-electron chi connectivity index (χ3n) is 3.19. The lowest BCUT2D eigenvalue weighted by atomic mass is 10.3. The van der Waals surface area contributed by atoms with Gasteiger partial charge in [0.2, 0.25) is 0 Å². The average molecular weight is 234 g/mol. The van der Waals surface area contributed by atoms with E-state index >= 15 is 0 Å². The maximum absolute atomic E-state index is 2.56. The molecule has 0 aliphatic rings. The molecule has 0 fully saturated rings. The molecule has 16 heavy (non-hydrogen) atoms. The molecule has 1 rings (SSSR count). The minimum atomic E-state index is -1.25. The number of hydrogen-bond donors (Lipinski definition) is 0. The highest BCUT2D eigenvalue weighted by Crippen LogP contribution is 2.25. The van der Waals surface area contributed by atoms with Gasteiger partial charge >= 0.3 is 0 Å². The summed E-state index contributed by atoms with van der Waals surface area (Å²) in [5.74, 6) is 1.63. The lowest BCUT2D eigenvalue weighted by molar-refractivity contribution is 0.684. The van der Waals surface area contributed by atoms with Crippen molar-refractivity contribution in [2.45, 2.75) is 46.3 Å². The van der Waals surface area contributed by atoms with Crippen LogP contribution < -0.4 is 5.19 Å². The first-order valence-electron chi connectivity index (χ1n) is 6.49. The summed E-state index contributed by atoms with van der Waals surface area (Å²) in [6.45, 7) is 12.0. The normalized spacial score (nSPS) is 12.4. The average Bonchev–Trinajstić information content (AvgIpc) is 2.16. The molecule has 0 nitrogen and oxygen atoms in total. The Morgan fingerprint density at radius 2 is 1.31 bits per heavy atom. The van der Waals surface area contributed by atoms with Gasteiger partial charge in [0.1, 0.15) is 0 Å². The van der Waals surface area contributed by atoms with Gasteiger partial charge < -0.3 is 0 Å². The molecule has 0 saturated heterocycles. The van der Waals surface area contributed by atoms with Gasteiger partial charge in [0, 0.05) is 0 Å². The summed E-state index contributed by atoms with van der Waals surface area (Å²) in [6.07, 6.45) is 0. The fraction of sp³-hybridized carbons (Fsp3) is 0.600. The van der Waals surface area contributed by atoms with E-state index in [0.29, 0.717) is 0 Å². The Kier molecular flexibility index (Phi) is 4.79. The van der Waals surface area contributed by atoms with Crippen molar-refractivity contribution >= 4 is 13.3 Å². The summed E-state index contributed by atoms with van der Waals surface area (Å²) >= 11 is 0. The Morgan fingerprint density at radius 1 is 0.875 bits per heavy atom. The smallest absolute Gasteiger partial charge is 0.0652 e. The zero-order valence-electron chi connectivity index (χ0n) is 11.5. The third-order valence-corrected chi connectivity index (χ3v) is 8.35. The molecular weight excluding hydrogens is 208 g/mol. The quantitative estimate of drug-likeness (QED) is 0.667. The van der Waals surface area contributed by atoms with Crippen molar-refractivity contribution in [2.75, 3.05) is 0 Å². The molecule has 0 N–H and O–H groups in total. The van der Waals surface area contributed by atoms with Gasteiger partial charge in [-0.05, 0) is 11.8 Å². The summed E-state index contributed by atoms with van der Waals surface area (Å²) < 4.78 is 0. The highest BCUT2D eigenvalue weighted by Gasteiger charge is 2.30. The van der Waals surface area contributed by atoms with Gasteiger partial charge in [0.05, 0.1) is 8.07 Å². The van der Waals surface area contributed by atoms with E-state index in [1.54, 1.807) is 5.19 Å². The van der Waals surface area contributed by atoms with Crippen molar-refractivity contribution in [3.63, 3.8) is 0 Å². The van der Waals surface area contributed by atoms with Crippen LogP contribution in [-0.2, 0) is 0 Å². The van der Waals surface area contributed by atoms with E-state index in [1.165, 1.54) is 12.1 Å². The fourth-order valence-corrected chi connectivity index (χ4v) is 8.20. The van der Waals surface area contributed by atoms with Crippen LogP contribution >= 0.6 is 0 Å². The maximum atomic E-state index is 2.56. The molecule has 0 heterocycles. The minimum absolute atomic E-state index is 0.815. The van der Waals surface area contributed by atoms with E-state index in [-0.39, 0.29) is 0 Å². The highest BCUT2D eigenvalue weighted by molar-refractivity contribution is 6.90. The van der Waals surface area contributed by atoms with Gasteiger partial charge in [-0.25, -0.2) is 0 Å². The monoisotopic (exact) mass is 234 g/mol. The van der Waals surface area contributed by atoms with Crippen LogP contribution in [0.25, 0.3) is 0 Å². The zero-order chi connectivity index (χ0) is 12.2. The van der Waals surface area contributed by atoms with Crippen molar-refractivity contribution in [3.05, 3.63) is 30.3 Å². The van der Waals surface area contributed by atoms with Gasteiger partial charge in [-0.2, -0.15) is 0 Å².